The third-order valence-electron chi connectivity index (χ3n) is 8.65. The summed E-state index contributed by atoms with van der Waals surface area (Å²) < 4.78 is 60.9. The van der Waals surface area contributed by atoms with Crippen LogP contribution in [0.3, 0.4) is 0 Å². The number of hydrogen-bond donors (Lipinski definition) is 0. The number of furan rings is 1. The Bertz CT molecular complexity index is 2690. The van der Waals surface area contributed by atoms with E-state index in [-0.39, 0.29) is 42.5 Å². The van der Waals surface area contributed by atoms with Gasteiger partial charge in [0.2, 0.25) is 0 Å². The summed E-state index contributed by atoms with van der Waals surface area (Å²) in [5, 5.41) is 6.36. The van der Waals surface area contributed by atoms with Crippen LogP contribution < -0.4 is 0 Å². The van der Waals surface area contributed by atoms with E-state index in [2.05, 4.69) is 85.3 Å². The molecule has 0 unspecified atom stereocenters. The maximum absolute atomic E-state index is 12.8. The molecular formula is C46H41FIrN2O-2. The molecule has 0 aliphatic heterocycles. The summed E-state index contributed by atoms with van der Waals surface area (Å²) in [5.74, 6) is -0.278. The Morgan fingerprint density at radius 2 is 1.55 bits per heavy atom. The van der Waals surface area contributed by atoms with Gasteiger partial charge in [0, 0.05) is 50.6 Å². The monoisotopic (exact) mass is 854 g/mol. The predicted molar refractivity (Wildman–Crippen MR) is 206 cm³/mol. The second-order valence-corrected chi connectivity index (χ2v) is 14.6. The zero-order valence-electron chi connectivity index (χ0n) is 34.4. The molecule has 0 N–H and O–H groups in total. The molecule has 0 fully saturated rings. The summed E-state index contributed by atoms with van der Waals surface area (Å²) in [6.07, 6.45) is 1.22. The van der Waals surface area contributed by atoms with Crippen molar-refractivity contribution in [1.82, 2.24) is 9.97 Å². The van der Waals surface area contributed by atoms with Crippen LogP contribution in [0.4, 0.5) is 4.39 Å². The van der Waals surface area contributed by atoms with Crippen molar-refractivity contribution in [1.29, 1.82) is 0 Å². The van der Waals surface area contributed by atoms with E-state index in [9.17, 15) is 4.39 Å². The van der Waals surface area contributed by atoms with E-state index in [0.29, 0.717) is 16.8 Å². The van der Waals surface area contributed by atoms with Gasteiger partial charge in [0.25, 0.3) is 0 Å². The van der Waals surface area contributed by atoms with Crippen molar-refractivity contribution in [2.75, 3.05) is 0 Å². The number of benzene rings is 5. The first-order valence-corrected chi connectivity index (χ1v) is 16.7. The van der Waals surface area contributed by atoms with Crippen LogP contribution in [0.5, 0.6) is 0 Å². The van der Waals surface area contributed by atoms with Gasteiger partial charge in [-0.25, -0.2) is 0 Å². The second kappa shape index (κ2) is 14.1. The Morgan fingerprint density at radius 3 is 2.25 bits per heavy atom. The summed E-state index contributed by atoms with van der Waals surface area (Å²) in [6.45, 7) is 9.22. The van der Waals surface area contributed by atoms with Gasteiger partial charge in [-0.1, -0.05) is 113 Å². The Labute approximate surface area is 320 Å². The molecule has 8 rings (SSSR count). The fourth-order valence-electron chi connectivity index (χ4n) is 6.09. The normalized spacial score (nSPS) is 13.8. The zero-order chi connectivity index (χ0) is 39.5. The van der Waals surface area contributed by atoms with E-state index in [1.54, 1.807) is 39.0 Å². The van der Waals surface area contributed by atoms with Crippen LogP contribution in [0.15, 0.2) is 114 Å². The maximum atomic E-state index is 12.8. The van der Waals surface area contributed by atoms with E-state index >= 15 is 0 Å². The van der Waals surface area contributed by atoms with E-state index in [4.69, 9.17) is 11.3 Å². The summed E-state index contributed by atoms with van der Waals surface area (Å²) in [4.78, 5) is 8.86. The van der Waals surface area contributed by atoms with Gasteiger partial charge in [0.1, 0.15) is 5.58 Å². The number of fused-ring (bicyclic) bond motifs is 6. The largest absolute Gasteiger partial charge is 0.501 e. The average molecular weight is 854 g/mol. The van der Waals surface area contributed by atoms with Gasteiger partial charge in [0.15, 0.2) is 0 Å². The van der Waals surface area contributed by atoms with Crippen LogP contribution in [0.25, 0.3) is 66.0 Å². The van der Waals surface area contributed by atoms with Gasteiger partial charge >= 0.3 is 0 Å². The third kappa shape index (κ3) is 7.66. The molecule has 3 aromatic heterocycles. The van der Waals surface area contributed by atoms with Crippen LogP contribution in [0.1, 0.15) is 65.1 Å². The molecule has 0 aliphatic rings. The van der Waals surface area contributed by atoms with Gasteiger partial charge in [-0.15, -0.1) is 48.0 Å². The minimum Gasteiger partial charge on any atom is -0.501 e. The molecule has 3 heterocycles. The quantitative estimate of drug-likeness (QED) is 0.131. The summed E-state index contributed by atoms with van der Waals surface area (Å²) in [5.41, 5.74) is 4.38. The number of nitrogens with zero attached hydrogens (tertiary/aromatic N) is 2. The number of aryl methyl sites for hydroxylation is 1. The van der Waals surface area contributed by atoms with Crippen LogP contribution in [-0.4, -0.2) is 9.97 Å². The molecule has 3 nitrogen and oxygen atoms in total. The number of halogens is 1. The average Bonchev–Trinajstić information content (AvgIpc) is 3.51. The van der Waals surface area contributed by atoms with Crippen LogP contribution in [0.2, 0.25) is 0 Å². The van der Waals surface area contributed by atoms with E-state index in [1.165, 1.54) is 23.9 Å². The van der Waals surface area contributed by atoms with Crippen LogP contribution in [0, 0.1) is 30.2 Å². The van der Waals surface area contributed by atoms with Crippen molar-refractivity contribution in [3.63, 3.8) is 0 Å². The first-order chi connectivity index (χ1) is 25.8. The van der Waals surface area contributed by atoms with Crippen molar-refractivity contribution in [2.24, 2.45) is 5.41 Å². The zero-order valence-corrected chi connectivity index (χ0v) is 31.8. The van der Waals surface area contributed by atoms with E-state index in [0.717, 1.165) is 49.2 Å². The SMILES string of the molecule is CC(C)(C)c1ccc(-c2[c-]cc(F)cc2)nc1.[2H]C([2H])([2H])c1cnc(-c2[c-]ccc3c2oc2cc4c(ccc5ccccc54)cc23)cc1C([2H])([2H])C(C)(C)C.[Ir]. The third-order valence-corrected chi connectivity index (χ3v) is 8.65. The van der Waals surface area contributed by atoms with Crippen molar-refractivity contribution >= 4 is 43.5 Å². The topological polar surface area (TPSA) is 38.9 Å². The molecule has 0 aliphatic carbocycles. The Morgan fingerprint density at radius 1 is 0.765 bits per heavy atom. The fourth-order valence-corrected chi connectivity index (χ4v) is 6.09. The fraction of sp³-hybridized carbons (Fsp3) is 0.217. The molecule has 0 saturated heterocycles. The van der Waals surface area contributed by atoms with Crippen LogP contribution in [-0.2, 0) is 31.9 Å². The molecule has 5 heteroatoms. The molecule has 8 aromatic rings. The molecule has 0 amide bonds. The molecule has 0 atom stereocenters. The number of rotatable bonds is 3. The van der Waals surface area contributed by atoms with Crippen LogP contribution >= 0.6 is 0 Å². The first-order valence-electron chi connectivity index (χ1n) is 19.2. The maximum Gasteiger partial charge on any atom is 0.121 e. The number of pyridine rings is 2. The van der Waals surface area contributed by atoms with E-state index in [1.807, 2.05) is 30.5 Å². The molecule has 5 aromatic carbocycles. The summed E-state index contributed by atoms with van der Waals surface area (Å²) >= 11 is 0. The number of aromatic nitrogens is 2. The second-order valence-electron chi connectivity index (χ2n) is 14.6. The Hall–Kier alpha value is -4.70. The molecule has 0 bridgehead atoms. The summed E-state index contributed by atoms with van der Waals surface area (Å²) in [7, 11) is 0. The minimum absolute atomic E-state index is 0. The standard InChI is InChI=1S/C31H26NO.C15H15FN.Ir/c1-19-18-32-28(15-22(19)17-31(2,3)4)25-11-7-10-24-27-14-21-13-12-20-8-5-6-9-23(20)26(21)16-29(27)33-30(24)25;1-15(2,3)12-6-9-14(17-10-12)11-4-7-13(16)8-5-11;/h5-10,12-16,18H,17H2,1-4H3;4,6-10H,1-3H3;/q2*-1;/i1D3,17D2;;. The molecular weight excluding hydrogens is 808 g/mol. The molecule has 0 saturated carbocycles. The summed E-state index contributed by atoms with van der Waals surface area (Å²) in [6, 6.07) is 36.5. The van der Waals surface area contributed by atoms with Crippen molar-refractivity contribution in [3.05, 3.63) is 144 Å². The van der Waals surface area contributed by atoms with Gasteiger partial charge < -0.3 is 14.4 Å². The van der Waals surface area contributed by atoms with Gasteiger partial charge in [-0.3, -0.25) is 4.39 Å². The van der Waals surface area contributed by atoms with Gasteiger partial charge in [-0.05, 0) is 80.2 Å². The number of hydrogen-bond acceptors (Lipinski definition) is 3. The van der Waals surface area contributed by atoms with E-state index < -0.39 is 18.6 Å². The smallest absolute Gasteiger partial charge is 0.121 e. The first kappa shape index (κ1) is 30.0. The molecule has 259 valence electrons. The molecule has 51 heavy (non-hydrogen) atoms. The minimum atomic E-state index is -2.50. The molecule has 0 spiro atoms. The van der Waals surface area contributed by atoms with Gasteiger partial charge in [0.05, 0.1) is 5.58 Å². The predicted octanol–water partition coefficient (Wildman–Crippen LogP) is 12.6. The van der Waals surface area contributed by atoms with Crippen molar-refractivity contribution in [2.45, 2.75) is 60.2 Å². The Balaban J connectivity index is 0.000000248. The Kier molecular flexibility index (Phi) is 8.31. The molecule has 1 radical (unpaired) electrons. The van der Waals surface area contributed by atoms with Gasteiger partial charge in [-0.2, -0.15) is 0 Å². The van der Waals surface area contributed by atoms with Crippen molar-refractivity contribution in [3.8, 4) is 22.5 Å². The van der Waals surface area contributed by atoms with Crippen molar-refractivity contribution < 1.29 is 35.8 Å².